The van der Waals surface area contributed by atoms with E-state index in [1.807, 2.05) is 6.07 Å². The van der Waals surface area contributed by atoms with Gasteiger partial charge in [-0.25, -0.2) is 0 Å². The molecule has 0 radical (unpaired) electrons. The van der Waals surface area contributed by atoms with Gasteiger partial charge in [0.2, 0.25) is 11.8 Å². The molecule has 8 heteroatoms. The highest BCUT2D eigenvalue weighted by Crippen LogP contribution is 2.39. The Labute approximate surface area is 175 Å². The topological polar surface area (TPSA) is 90.0 Å². The predicted octanol–water partition coefficient (Wildman–Crippen LogP) is 1.15. The first kappa shape index (κ1) is 19.2. The van der Waals surface area contributed by atoms with Crippen molar-refractivity contribution in [3.05, 3.63) is 29.3 Å². The lowest BCUT2D eigenvalue weighted by Gasteiger charge is -2.42. The molecule has 158 valence electrons. The van der Waals surface area contributed by atoms with Crippen molar-refractivity contribution in [3.8, 4) is 0 Å². The van der Waals surface area contributed by atoms with Crippen LogP contribution in [0, 0.1) is 0 Å². The lowest BCUT2D eigenvalue weighted by atomic mass is 10.0. The summed E-state index contributed by atoms with van der Waals surface area (Å²) in [6.07, 6.45) is 1.39. The number of piperidine rings is 1. The van der Waals surface area contributed by atoms with Crippen LogP contribution in [-0.4, -0.2) is 70.2 Å². The van der Waals surface area contributed by atoms with E-state index in [1.54, 1.807) is 12.1 Å². The van der Waals surface area contributed by atoms with Crippen molar-refractivity contribution in [2.45, 2.75) is 63.7 Å². The predicted molar refractivity (Wildman–Crippen MR) is 109 cm³/mol. The van der Waals surface area contributed by atoms with E-state index in [4.69, 9.17) is 0 Å². The van der Waals surface area contributed by atoms with Crippen molar-refractivity contribution in [1.29, 1.82) is 0 Å². The molecule has 5 rings (SSSR count). The van der Waals surface area contributed by atoms with E-state index in [1.165, 1.54) is 0 Å². The average Bonchev–Trinajstić information content (AvgIpc) is 3.35. The van der Waals surface area contributed by atoms with Crippen LogP contribution in [0.4, 0.5) is 5.69 Å². The van der Waals surface area contributed by atoms with Crippen molar-refractivity contribution < 1.29 is 19.2 Å². The van der Waals surface area contributed by atoms with Gasteiger partial charge >= 0.3 is 0 Å². The number of rotatable bonds is 2. The van der Waals surface area contributed by atoms with Gasteiger partial charge in [-0.3, -0.25) is 34.3 Å². The van der Waals surface area contributed by atoms with E-state index in [0.29, 0.717) is 23.2 Å². The summed E-state index contributed by atoms with van der Waals surface area (Å²) in [5.74, 6) is -1.87. The first-order valence-corrected chi connectivity index (χ1v) is 10.5. The van der Waals surface area contributed by atoms with Gasteiger partial charge in [0, 0.05) is 42.8 Å². The molecule has 0 saturated carbocycles. The Morgan fingerprint density at radius 3 is 2.33 bits per heavy atom. The number of likely N-dealkylation sites (tertiary alicyclic amines) is 1. The first-order chi connectivity index (χ1) is 14.1. The van der Waals surface area contributed by atoms with Gasteiger partial charge in [-0.1, -0.05) is 0 Å². The monoisotopic (exact) mass is 410 g/mol. The molecule has 4 aliphatic rings. The van der Waals surface area contributed by atoms with Crippen molar-refractivity contribution in [2.75, 3.05) is 18.0 Å². The Hall–Kier alpha value is -2.74. The molecule has 3 fully saturated rings. The molecule has 1 aromatic carbocycles. The fourth-order valence-corrected chi connectivity index (χ4v) is 5.44. The van der Waals surface area contributed by atoms with Crippen molar-refractivity contribution in [1.82, 2.24) is 15.1 Å². The summed E-state index contributed by atoms with van der Waals surface area (Å²) < 4.78 is 0. The molecule has 3 saturated heterocycles. The van der Waals surface area contributed by atoms with Crippen LogP contribution >= 0.6 is 0 Å². The van der Waals surface area contributed by atoms with E-state index in [-0.39, 0.29) is 24.3 Å². The number of anilines is 1. The molecule has 0 aliphatic carbocycles. The third kappa shape index (κ3) is 2.77. The molecule has 3 atom stereocenters. The van der Waals surface area contributed by atoms with Crippen molar-refractivity contribution >= 4 is 29.3 Å². The Bertz CT molecular complexity index is 982. The fraction of sp³-hybridized carbons (Fsp3) is 0.545. The molecule has 4 heterocycles. The van der Waals surface area contributed by atoms with Crippen LogP contribution in [0.5, 0.6) is 0 Å². The van der Waals surface area contributed by atoms with Crippen molar-refractivity contribution in [2.24, 2.45) is 0 Å². The molecule has 4 aliphatic heterocycles. The second-order valence-electron chi connectivity index (χ2n) is 9.70. The number of piperazine rings is 1. The van der Waals surface area contributed by atoms with Gasteiger partial charge in [-0.2, -0.15) is 0 Å². The number of amides is 4. The maximum atomic E-state index is 13.1. The fourth-order valence-electron chi connectivity index (χ4n) is 5.44. The molecular weight excluding hydrogens is 384 g/mol. The van der Waals surface area contributed by atoms with Crippen LogP contribution in [-0.2, 0) is 9.59 Å². The van der Waals surface area contributed by atoms with Gasteiger partial charge < -0.3 is 4.90 Å². The van der Waals surface area contributed by atoms with Crippen LogP contribution in [0.15, 0.2) is 18.2 Å². The molecule has 0 aromatic heterocycles. The molecular formula is C22H26N4O4. The van der Waals surface area contributed by atoms with Gasteiger partial charge in [0.25, 0.3) is 11.8 Å². The molecule has 0 unspecified atom stereocenters. The van der Waals surface area contributed by atoms with Gasteiger partial charge in [-0.15, -0.1) is 0 Å². The maximum Gasteiger partial charge on any atom is 0.262 e. The molecule has 4 amide bonds. The lowest BCUT2D eigenvalue weighted by Crippen LogP contribution is -2.54. The number of carbonyl (C=O) groups excluding carboxylic acids is 4. The summed E-state index contributed by atoms with van der Waals surface area (Å²) in [6, 6.07) is 5.35. The number of hydrogen-bond acceptors (Lipinski definition) is 6. The zero-order valence-corrected chi connectivity index (χ0v) is 17.5. The minimum absolute atomic E-state index is 0.121. The number of carbonyl (C=O) groups is 4. The van der Waals surface area contributed by atoms with E-state index < -0.39 is 23.8 Å². The first-order valence-electron chi connectivity index (χ1n) is 10.5. The number of hydrogen-bond donors (Lipinski definition) is 1. The standard InChI is InChI=1S/C22H26N4O4/c1-22(2,3)25-11-13-8-14(25)10-24(13)12-4-5-15-16(9-12)21(30)26(20(15)29)17-6-7-18(27)23-19(17)28/h4-5,9,13-14,17H,6-8,10-11H2,1-3H3,(H,23,27,28)/t13-,14-,17+/m0/s1. The summed E-state index contributed by atoms with van der Waals surface area (Å²) >= 11 is 0. The molecule has 0 spiro atoms. The van der Waals surface area contributed by atoms with Crippen LogP contribution in [0.2, 0.25) is 0 Å². The Morgan fingerprint density at radius 1 is 0.967 bits per heavy atom. The van der Waals surface area contributed by atoms with Crippen LogP contribution in [0.1, 0.15) is 60.7 Å². The maximum absolute atomic E-state index is 13.1. The number of benzene rings is 1. The van der Waals surface area contributed by atoms with Crippen molar-refractivity contribution in [3.63, 3.8) is 0 Å². The summed E-state index contributed by atoms with van der Waals surface area (Å²) in [7, 11) is 0. The highest BCUT2D eigenvalue weighted by Gasteiger charge is 2.48. The SMILES string of the molecule is CC(C)(C)N1C[C@@H]2C[C@H]1CN2c1ccc2c(c1)C(=O)N([C@@H]1CCC(=O)NC1=O)C2=O. The molecule has 1 aromatic rings. The summed E-state index contributed by atoms with van der Waals surface area (Å²) in [5.41, 5.74) is 1.75. The van der Waals surface area contributed by atoms with Gasteiger partial charge in [-0.05, 0) is 51.8 Å². The zero-order valence-electron chi connectivity index (χ0n) is 17.5. The largest absolute Gasteiger partial charge is 0.366 e. The highest BCUT2D eigenvalue weighted by molar-refractivity contribution is 6.23. The number of imide groups is 2. The lowest BCUT2D eigenvalue weighted by molar-refractivity contribution is -0.136. The van der Waals surface area contributed by atoms with Gasteiger partial charge in [0.05, 0.1) is 11.1 Å². The zero-order chi connectivity index (χ0) is 21.4. The van der Waals surface area contributed by atoms with E-state index >= 15 is 0 Å². The Kier molecular flexibility index (Phi) is 4.09. The summed E-state index contributed by atoms with van der Waals surface area (Å²) in [5, 5.41) is 2.23. The number of fused-ring (bicyclic) bond motifs is 3. The van der Waals surface area contributed by atoms with E-state index in [9.17, 15) is 19.2 Å². The molecule has 1 N–H and O–H groups in total. The summed E-state index contributed by atoms with van der Waals surface area (Å²) in [4.78, 5) is 55.5. The number of nitrogens with one attached hydrogen (secondary N) is 1. The molecule has 30 heavy (non-hydrogen) atoms. The van der Waals surface area contributed by atoms with Crippen LogP contribution < -0.4 is 10.2 Å². The molecule has 2 bridgehead atoms. The third-order valence-corrected chi connectivity index (χ3v) is 6.86. The minimum Gasteiger partial charge on any atom is -0.366 e. The Balaban J connectivity index is 1.39. The Morgan fingerprint density at radius 2 is 1.70 bits per heavy atom. The second-order valence-corrected chi connectivity index (χ2v) is 9.70. The third-order valence-electron chi connectivity index (χ3n) is 6.86. The van der Waals surface area contributed by atoms with Gasteiger partial charge in [0.15, 0.2) is 0 Å². The average molecular weight is 410 g/mol. The van der Waals surface area contributed by atoms with Crippen LogP contribution in [0.3, 0.4) is 0 Å². The quantitative estimate of drug-likeness (QED) is 0.736. The molecule has 8 nitrogen and oxygen atoms in total. The number of nitrogens with zero attached hydrogens (tertiary/aromatic N) is 3. The van der Waals surface area contributed by atoms with Gasteiger partial charge in [0.1, 0.15) is 6.04 Å². The second kappa shape index (κ2) is 6.38. The highest BCUT2D eigenvalue weighted by atomic mass is 16.2. The minimum atomic E-state index is -0.929. The summed E-state index contributed by atoms with van der Waals surface area (Å²) in [6.45, 7) is 8.60. The van der Waals surface area contributed by atoms with E-state index in [0.717, 1.165) is 30.1 Å². The van der Waals surface area contributed by atoms with E-state index in [2.05, 4.69) is 35.9 Å². The smallest absolute Gasteiger partial charge is 0.262 e. The normalized spacial score (nSPS) is 29.1. The van der Waals surface area contributed by atoms with Crippen LogP contribution in [0.25, 0.3) is 0 Å².